The maximum atomic E-state index is 13.1. The highest BCUT2D eigenvalue weighted by molar-refractivity contribution is 5.97. The van der Waals surface area contributed by atoms with E-state index in [4.69, 9.17) is 4.74 Å². The van der Waals surface area contributed by atoms with E-state index in [0.29, 0.717) is 11.2 Å². The molecule has 1 amide bonds. The van der Waals surface area contributed by atoms with Crippen molar-refractivity contribution in [1.82, 2.24) is 19.1 Å². The molecule has 1 aliphatic rings. The molecule has 2 aromatic heterocycles. The van der Waals surface area contributed by atoms with Gasteiger partial charge in [-0.2, -0.15) is 9.61 Å². The number of hydrogen-bond acceptors (Lipinski definition) is 5. The first-order chi connectivity index (χ1) is 13.1. The Morgan fingerprint density at radius 1 is 1.29 bits per heavy atom. The van der Waals surface area contributed by atoms with Gasteiger partial charge in [0.2, 0.25) is 0 Å². The van der Waals surface area contributed by atoms with Gasteiger partial charge in [0, 0.05) is 17.5 Å². The van der Waals surface area contributed by atoms with Crippen molar-refractivity contribution in [3.05, 3.63) is 33.4 Å². The largest absolute Gasteiger partial charge is 0.465 e. The minimum Gasteiger partial charge on any atom is -0.465 e. The molecule has 0 aromatic carbocycles. The molecule has 0 bridgehead atoms. The maximum absolute atomic E-state index is 13.1. The molecule has 1 unspecified atom stereocenters. The monoisotopic (exact) mass is 388 g/mol. The van der Waals surface area contributed by atoms with Crippen LogP contribution in [-0.4, -0.2) is 43.6 Å². The van der Waals surface area contributed by atoms with Crippen molar-refractivity contribution >= 4 is 17.5 Å². The van der Waals surface area contributed by atoms with Crippen LogP contribution >= 0.6 is 0 Å². The van der Waals surface area contributed by atoms with Gasteiger partial charge in [-0.3, -0.25) is 14.4 Å². The van der Waals surface area contributed by atoms with Gasteiger partial charge in [-0.1, -0.05) is 27.7 Å². The lowest BCUT2D eigenvalue weighted by Crippen LogP contribution is -2.33. The van der Waals surface area contributed by atoms with Gasteiger partial charge >= 0.3 is 5.97 Å². The predicted molar refractivity (Wildman–Crippen MR) is 104 cm³/mol. The minimum atomic E-state index is -0.455. The Morgan fingerprint density at radius 3 is 2.54 bits per heavy atom. The molecule has 152 valence electrons. The number of amides is 1. The van der Waals surface area contributed by atoms with Crippen LogP contribution in [0.25, 0.3) is 5.65 Å². The predicted octanol–water partition coefficient (Wildman–Crippen LogP) is 2.11. The molecule has 8 nitrogen and oxygen atoms in total. The zero-order valence-electron chi connectivity index (χ0n) is 17.4. The summed E-state index contributed by atoms with van der Waals surface area (Å²) in [5.41, 5.74) is 1.21. The lowest BCUT2D eigenvalue weighted by Gasteiger charge is -2.22. The topological polar surface area (TPSA) is 85.9 Å². The van der Waals surface area contributed by atoms with E-state index >= 15 is 0 Å². The van der Waals surface area contributed by atoms with Crippen molar-refractivity contribution in [2.75, 3.05) is 6.61 Å². The Morgan fingerprint density at radius 2 is 1.96 bits per heavy atom. The van der Waals surface area contributed by atoms with Crippen molar-refractivity contribution in [2.45, 2.75) is 72.5 Å². The number of fused-ring (bicyclic) bond motifs is 2. The summed E-state index contributed by atoms with van der Waals surface area (Å²) >= 11 is 0. The molecule has 0 N–H and O–H groups in total. The second-order valence-electron chi connectivity index (χ2n) is 8.26. The molecule has 0 fully saturated rings. The molecule has 0 radical (unpaired) electrons. The quantitative estimate of drug-likeness (QED) is 0.733. The average Bonchev–Trinajstić information content (AvgIpc) is 3.21. The van der Waals surface area contributed by atoms with E-state index in [1.54, 1.807) is 22.5 Å². The van der Waals surface area contributed by atoms with E-state index in [9.17, 15) is 14.4 Å². The molecular formula is C20H28N4O4. The summed E-state index contributed by atoms with van der Waals surface area (Å²) in [6.45, 7) is 12.0. The highest BCUT2D eigenvalue weighted by atomic mass is 16.5. The average molecular weight is 388 g/mol. The molecule has 8 heteroatoms. The van der Waals surface area contributed by atoms with Gasteiger partial charge in [0.1, 0.15) is 17.9 Å². The van der Waals surface area contributed by atoms with Crippen LogP contribution in [0.3, 0.4) is 0 Å². The lowest BCUT2D eigenvalue weighted by molar-refractivity contribution is -0.143. The number of carbonyl (C=O) groups is 2. The number of carbonyl (C=O) groups excluding carboxylic acids is 2. The van der Waals surface area contributed by atoms with E-state index in [0.717, 1.165) is 12.1 Å². The van der Waals surface area contributed by atoms with E-state index < -0.39 is 5.97 Å². The van der Waals surface area contributed by atoms with Crippen molar-refractivity contribution < 1.29 is 14.3 Å². The molecule has 1 atom stereocenters. The highest BCUT2D eigenvalue weighted by Gasteiger charge is 2.37. The van der Waals surface area contributed by atoms with E-state index in [1.807, 2.05) is 34.6 Å². The highest BCUT2D eigenvalue weighted by Crippen LogP contribution is 2.27. The second kappa shape index (κ2) is 7.07. The molecule has 0 saturated heterocycles. The van der Waals surface area contributed by atoms with Gasteiger partial charge in [0.05, 0.1) is 24.4 Å². The molecule has 3 rings (SSSR count). The van der Waals surface area contributed by atoms with Gasteiger partial charge in [-0.25, -0.2) is 0 Å². The summed E-state index contributed by atoms with van der Waals surface area (Å²) in [5, 5.41) is 4.49. The molecule has 28 heavy (non-hydrogen) atoms. The smallest absolute Gasteiger partial charge is 0.326 e. The first-order valence-electron chi connectivity index (χ1n) is 9.72. The van der Waals surface area contributed by atoms with Crippen LogP contribution in [0.1, 0.15) is 69.7 Å². The van der Waals surface area contributed by atoms with Crippen LogP contribution in [0.2, 0.25) is 0 Å². The van der Waals surface area contributed by atoms with E-state index in [2.05, 4.69) is 5.10 Å². The third-order valence-electron chi connectivity index (χ3n) is 5.25. The van der Waals surface area contributed by atoms with Gasteiger partial charge in [-0.15, -0.1) is 0 Å². The molecule has 0 spiro atoms. The van der Waals surface area contributed by atoms with Crippen LogP contribution in [0.4, 0.5) is 0 Å². The standard InChI is InChI=1S/C20H28N4O4/c1-7-12(3)22-10-13-17(19(22)27)23(11-16(25)28-8-2)15-9-14(20(4,5)6)21-24(15)18(13)26/h9,12H,7-8,10-11H2,1-6H3. The molecule has 1 aliphatic heterocycles. The molecule has 3 heterocycles. The fourth-order valence-electron chi connectivity index (χ4n) is 3.42. The normalized spacial score (nSPS) is 15.2. The zero-order chi connectivity index (χ0) is 20.8. The maximum Gasteiger partial charge on any atom is 0.326 e. The summed E-state index contributed by atoms with van der Waals surface area (Å²) in [7, 11) is 0. The number of aromatic nitrogens is 3. The Kier molecular flexibility index (Phi) is 5.08. The van der Waals surface area contributed by atoms with Gasteiger partial charge in [-0.05, 0) is 20.3 Å². The summed E-state index contributed by atoms with van der Waals surface area (Å²) in [5.74, 6) is -0.685. The van der Waals surface area contributed by atoms with Crippen molar-refractivity contribution in [3.63, 3.8) is 0 Å². The summed E-state index contributed by atoms with van der Waals surface area (Å²) < 4.78 is 7.99. The molecule has 0 saturated carbocycles. The lowest BCUT2D eigenvalue weighted by atomic mass is 9.93. The van der Waals surface area contributed by atoms with Gasteiger partial charge < -0.3 is 14.2 Å². The molecule has 0 aliphatic carbocycles. The minimum absolute atomic E-state index is 0.00667. The molecule has 2 aromatic rings. The number of ether oxygens (including phenoxy) is 1. The Labute approximate surface area is 164 Å². The van der Waals surface area contributed by atoms with Crippen molar-refractivity contribution in [1.29, 1.82) is 0 Å². The van der Waals surface area contributed by atoms with Gasteiger partial charge in [0.25, 0.3) is 11.5 Å². The fraction of sp³-hybridized carbons (Fsp3) is 0.600. The summed E-state index contributed by atoms with van der Waals surface area (Å²) in [6, 6.07) is 1.77. The van der Waals surface area contributed by atoms with Crippen LogP contribution in [0.15, 0.2) is 10.9 Å². The third-order valence-corrected chi connectivity index (χ3v) is 5.25. The summed E-state index contributed by atoms with van der Waals surface area (Å²) in [6.07, 6.45) is 0.775. The van der Waals surface area contributed by atoms with E-state index in [1.165, 1.54) is 4.52 Å². The van der Waals surface area contributed by atoms with Crippen LogP contribution in [0.5, 0.6) is 0 Å². The van der Waals surface area contributed by atoms with Crippen molar-refractivity contribution in [2.24, 2.45) is 0 Å². The summed E-state index contributed by atoms with van der Waals surface area (Å²) in [4.78, 5) is 40.2. The number of esters is 1. The first-order valence-corrected chi connectivity index (χ1v) is 9.72. The third kappa shape index (κ3) is 3.21. The Hall–Kier alpha value is -2.64. The van der Waals surface area contributed by atoms with Crippen LogP contribution < -0.4 is 5.56 Å². The number of rotatable bonds is 5. The zero-order valence-corrected chi connectivity index (χ0v) is 17.4. The van der Waals surface area contributed by atoms with Gasteiger partial charge in [0.15, 0.2) is 0 Å². The fourth-order valence-corrected chi connectivity index (χ4v) is 3.42. The second-order valence-corrected chi connectivity index (χ2v) is 8.26. The van der Waals surface area contributed by atoms with E-state index in [-0.39, 0.29) is 48.3 Å². The Balaban J connectivity index is 2.27. The van der Waals surface area contributed by atoms with Crippen molar-refractivity contribution in [3.8, 4) is 0 Å². The number of hydrogen-bond donors (Lipinski definition) is 0. The molecular weight excluding hydrogens is 360 g/mol. The number of nitrogens with zero attached hydrogens (tertiary/aromatic N) is 4. The van der Waals surface area contributed by atoms with Crippen LogP contribution in [0, 0.1) is 0 Å². The SMILES string of the molecule is CCOC(=O)Cn1c2c(c(=O)n3nc(C(C)(C)C)cc13)CN(C(C)CC)C2=O. The van der Waals surface area contributed by atoms with Crippen LogP contribution in [-0.2, 0) is 28.0 Å². The first kappa shape index (κ1) is 20.1. The Bertz CT molecular complexity index is 996.